The van der Waals surface area contributed by atoms with Crippen molar-refractivity contribution in [2.24, 2.45) is 0 Å². The maximum atomic E-state index is 5.90. The van der Waals surface area contributed by atoms with Gasteiger partial charge in [-0.05, 0) is 29.8 Å². The number of nitrogens with zero attached hydrogens (tertiary/aromatic N) is 1. The molecule has 0 aliphatic heterocycles. The summed E-state index contributed by atoms with van der Waals surface area (Å²) in [6, 6.07) is 27.7. The van der Waals surface area contributed by atoms with E-state index in [1.165, 1.54) is 0 Å². The zero-order valence-corrected chi connectivity index (χ0v) is 15.7. The molecule has 0 amide bonds. The summed E-state index contributed by atoms with van der Waals surface area (Å²) in [7, 11) is 1.62. The first-order valence-corrected chi connectivity index (χ1v) is 9.14. The lowest BCUT2D eigenvalue weighted by molar-refractivity contribution is 0.277. The lowest BCUT2D eigenvalue weighted by Crippen LogP contribution is -2.00. The van der Waals surface area contributed by atoms with Crippen LogP contribution in [0.25, 0.3) is 10.9 Å². The van der Waals surface area contributed by atoms with Crippen LogP contribution in [0.2, 0.25) is 0 Å². The standard InChI is InChI=1S/C24H21NO3/c1-26-24-15-21(13-14-23(24)28-16-18-7-3-2-4-8-18)27-17-20-12-11-19-9-5-6-10-22(19)25-20/h2-15H,16-17H2,1H3. The Morgan fingerprint density at radius 3 is 2.39 bits per heavy atom. The number of benzene rings is 3. The molecule has 3 aromatic carbocycles. The molecule has 0 saturated carbocycles. The number of hydrogen-bond donors (Lipinski definition) is 0. The Balaban J connectivity index is 1.43. The van der Waals surface area contributed by atoms with Crippen molar-refractivity contribution in [1.82, 2.24) is 4.98 Å². The molecule has 1 heterocycles. The number of ether oxygens (including phenoxy) is 3. The molecule has 4 heteroatoms. The van der Waals surface area contributed by atoms with E-state index < -0.39 is 0 Å². The lowest BCUT2D eigenvalue weighted by Gasteiger charge is -2.13. The van der Waals surface area contributed by atoms with Crippen LogP contribution < -0.4 is 14.2 Å². The molecular formula is C24H21NO3. The monoisotopic (exact) mass is 371 g/mol. The average molecular weight is 371 g/mol. The van der Waals surface area contributed by atoms with Crippen LogP contribution in [-0.2, 0) is 13.2 Å². The normalized spacial score (nSPS) is 10.6. The summed E-state index contributed by atoms with van der Waals surface area (Å²) < 4.78 is 17.3. The van der Waals surface area contributed by atoms with Crippen molar-refractivity contribution in [2.45, 2.75) is 13.2 Å². The van der Waals surface area contributed by atoms with E-state index in [2.05, 4.69) is 11.1 Å². The van der Waals surface area contributed by atoms with Gasteiger partial charge in [0.25, 0.3) is 0 Å². The molecule has 4 nitrogen and oxygen atoms in total. The molecule has 0 N–H and O–H groups in total. The Bertz CT molecular complexity index is 1060. The smallest absolute Gasteiger partial charge is 0.164 e. The van der Waals surface area contributed by atoms with Crippen molar-refractivity contribution < 1.29 is 14.2 Å². The molecule has 0 atom stereocenters. The first-order valence-electron chi connectivity index (χ1n) is 9.14. The highest BCUT2D eigenvalue weighted by molar-refractivity contribution is 5.78. The van der Waals surface area contributed by atoms with Gasteiger partial charge in [0, 0.05) is 11.5 Å². The highest BCUT2D eigenvalue weighted by Gasteiger charge is 2.08. The molecule has 140 valence electrons. The van der Waals surface area contributed by atoms with Crippen molar-refractivity contribution in [3.8, 4) is 17.2 Å². The van der Waals surface area contributed by atoms with Crippen LogP contribution in [0.4, 0.5) is 0 Å². The van der Waals surface area contributed by atoms with Crippen LogP contribution in [-0.4, -0.2) is 12.1 Å². The van der Waals surface area contributed by atoms with Gasteiger partial charge in [0.1, 0.15) is 19.0 Å². The fourth-order valence-corrected chi connectivity index (χ4v) is 2.94. The summed E-state index contributed by atoms with van der Waals surface area (Å²) in [4.78, 5) is 4.63. The summed E-state index contributed by atoms with van der Waals surface area (Å²) in [6.45, 7) is 0.872. The predicted molar refractivity (Wildman–Crippen MR) is 110 cm³/mol. The maximum Gasteiger partial charge on any atom is 0.164 e. The van der Waals surface area contributed by atoms with Crippen molar-refractivity contribution in [3.63, 3.8) is 0 Å². The number of fused-ring (bicyclic) bond motifs is 1. The molecule has 0 aliphatic carbocycles. The zero-order chi connectivity index (χ0) is 19.2. The summed E-state index contributed by atoms with van der Waals surface area (Å²) >= 11 is 0. The van der Waals surface area contributed by atoms with E-state index in [0.29, 0.717) is 30.5 Å². The van der Waals surface area contributed by atoms with Gasteiger partial charge in [-0.2, -0.15) is 0 Å². The fourth-order valence-electron chi connectivity index (χ4n) is 2.94. The quantitative estimate of drug-likeness (QED) is 0.436. The highest BCUT2D eigenvalue weighted by atomic mass is 16.5. The van der Waals surface area contributed by atoms with Crippen LogP contribution in [0, 0.1) is 0 Å². The van der Waals surface area contributed by atoms with E-state index in [1.54, 1.807) is 7.11 Å². The maximum absolute atomic E-state index is 5.90. The van der Waals surface area contributed by atoms with Gasteiger partial charge in [-0.1, -0.05) is 54.6 Å². The SMILES string of the molecule is COc1cc(OCc2ccc3ccccc3n2)ccc1OCc1ccccc1. The number of rotatable bonds is 7. The van der Waals surface area contributed by atoms with E-state index in [0.717, 1.165) is 22.2 Å². The Hall–Kier alpha value is -3.53. The minimum atomic E-state index is 0.387. The van der Waals surface area contributed by atoms with Gasteiger partial charge >= 0.3 is 0 Å². The van der Waals surface area contributed by atoms with Gasteiger partial charge in [-0.15, -0.1) is 0 Å². The second kappa shape index (κ2) is 8.44. The van der Waals surface area contributed by atoms with Crippen molar-refractivity contribution in [1.29, 1.82) is 0 Å². The third kappa shape index (κ3) is 4.23. The highest BCUT2D eigenvalue weighted by Crippen LogP contribution is 2.32. The molecule has 0 aliphatic rings. The van der Waals surface area contributed by atoms with Gasteiger partial charge in [-0.25, -0.2) is 4.98 Å². The second-order valence-electron chi connectivity index (χ2n) is 6.37. The lowest BCUT2D eigenvalue weighted by atomic mass is 10.2. The average Bonchev–Trinajstić information content (AvgIpc) is 2.77. The van der Waals surface area contributed by atoms with Crippen LogP contribution in [0.3, 0.4) is 0 Å². The van der Waals surface area contributed by atoms with Crippen LogP contribution in [0.5, 0.6) is 17.2 Å². The number of methoxy groups -OCH3 is 1. The number of hydrogen-bond acceptors (Lipinski definition) is 4. The molecule has 0 spiro atoms. The van der Waals surface area contributed by atoms with Crippen molar-refractivity contribution in [3.05, 3.63) is 96.2 Å². The van der Waals surface area contributed by atoms with E-state index >= 15 is 0 Å². The molecule has 0 unspecified atom stereocenters. The predicted octanol–water partition coefficient (Wildman–Crippen LogP) is 5.40. The molecule has 0 fully saturated rings. The molecule has 28 heavy (non-hydrogen) atoms. The van der Waals surface area contributed by atoms with E-state index in [4.69, 9.17) is 14.2 Å². The number of pyridine rings is 1. The molecule has 4 aromatic rings. The summed E-state index contributed by atoms with van der Waals surface area (Å²) in [6.07, 6.45) is 0. The Morgan fingerprint density at radius 1 is 0.714 bits per heavy atom. The largest absolute Gasteiger partial charge is 0.493 e. The minimum absolute atomic E-state index is 0.387. The van der Waals surface area contributed by atoms with Crippen molar-refractivity contribution in [2.75, 3.05) is 7.11 Å². The van der Waals surface area contributed by atoms with Crippen molar-refractivity contribution >= 4 is 10.9 Å². The first-order chi connectivity index (χ1) is 13.8. The van der Waals surface area contributed by atoms with Gasteiger partial charge in [0.2, 0.25) is 0 Å². The number of aromatic nitrogens is 1. The van der Waals surface area contributed by atoms with Gasteiger partial charge in [0.05, 0.1) is 18.3 Å². The van der Waals surface area contributed by atoms with E-state index in [9.17, 15) is 0 Å². The molecule has 0 bridgehead atoms. The van der Waals surface area contributed by atoms with Gasteiger partial charge in [-0.3, -0.25) is 0 Å². The fraction of sp³-hybridized carbons (Fsp3) is 0.125. The summed E-state index contributed by atoms with van der Waals surface area (Å²) in [5.74, 6) is 2.03. The zero-order valence-electron chi connectivity index (χ0n) is 15.7. The Kier molecular flexibility index (Phi) is 5.38. The molecule has 0 radical (unpaired) electrons. The molecule has 0 saturated heterocycles. The summed E-state index contributed by atoms with van der Waals surface area (Å²) in [5.41, 5.74) is 2.94. The van der Waals surface area contributed by atoms with Gasteiger partial charge in [0.15, 0.2) is 11.5 Å². The Morgan fingerprint density at radius 2 is 1.54 bits per heavy atom. The third-order valence-corrected chi connectivity index (χ3v) is 4.42. The molecule has 1 aromatic heterocycles. The molecular weight excluding hydrogens is 350 g/mol. The third-order valence-electron chi connectivity index (χ3n) is 4.42. The van der Waals surface area contributed by atoms with Crippen LogP contribution in [0.15, 0.2) is 84.9 Å². The summed E-state index contributed by atoms with van der Waals surface area (Å²) in [5, 5.41) is 1.12. The van der Waals surface area contributed by atoms with E-state index in [1.807, 2.05) is 78.9 Å². The van der Waals surface area contributed by atoms with Gasteiger partial charge < -0.3 is 14.2 Å². The van der Waals surface area contributed by atoms with Crippen LogP contribution >= 0.6 is 0 Å². The first kappa shape index (κ1) is 17.9. The Labute approximate surface area is 164 Å². The molecule has 4 rings (SSSR count). The van der Waals surface area contributed by atoms with E-state index in [-0.39, 0.29) is 0 Å². The topological polar surface area (TPSA) is 40.6 Å². The minimum Gasteiger partial charge on any atom is -0.493 e. The second-order valence-corrected chi connectivity index (χ2v) is 6.37. The number of para-hydroxylation sites is 1. The van der Waals surface area contributed by atoms with Crippen LogP contribution in [0.1, 0.15) is 11.3 Å².